The Labute approximate surface area is 149 Å². The van der Waals surface area contributed by atoms with E-state index in [2.05, 4.69) is 24.3 Å². The van der Waals surface area contributed by atoms with E-state index >= 15 is 0 Å². The van der Waals surface area contributed by atoms with Crippen LogP contribution in [-0.4, -0.2) is 46.6 Å². The van der Waals surface area contributed by atoms with Gasteiger partial charge in [-0.05, 0) is 32.3 Å². The highest BCUT2D eigenvalue weighted by Crippen LogP contribution is 2.38. The van der Waals surface area contributed by atoms with Gasteiger partial charge in [0.15, 0.2) is 5.79 Å². The van der Waals surface area contributed by atoms with Gasteiger partial charge in [0, 0.05) is 6.92 Å². The second-order valence-electron chi connectivity index (χ2n) is 7.18. The van der Waals surface area contributed by atoms with Gasteiger partial charge in [-0.3, -0.25) is 4.79 Å². The summed E-state index contributed by atoms with van der Waals surface area (Å²) in [5.41, 5.74) is 1.10. The van der Waals surface area contributed by atoms with Crippen LogP contribution in [-0.2, 0) is 14.3 Å². The predicted octanol–water partition coefficient (Wildman–Crippen LogP) is 2.81. The highest BCUT2D eigenvalue weighted by atomic mass is 16.8. The topological polar surface area (TPSA) is 59.0 Å². The molecule has 0 aliphatic carbocycles. The summed E-state index contributed by atoms with van der Waals surface area (Å²) < 4.78 is 11.9. The van der Waals surface area contributed by atoms with Crippen LogP contribution in [0.5, 0.6) is 0 Å². The number of carbonyl (C=O) groups excluding carboxylic acids is 1. The van der Waals surface area contributed by atoms with Crippen LogP contribution < -0.4 is 0 Å². The molecule has 2 aliphatic heterocycles. The van der Waals surface area contributed by atoms with Crippen LogP contribution in [0.2, 0.25) is 0 Å². The summed E-state index contributed by atoms with van der Waals surface area (Å²) in [6, 6.07) is 9.84. The van der Waals surface area contributed by atoms with Crippen LogP contribution in [0.15, 0.2) is 42.5 Å². The molecule has 1 amide bonds. The molecule has 136 valence electrons. The smallest absolute Gasteiger partial charge is 0.220 e. The highest BCUT2D eigenvalue weighted by molar-refractivity contribution is 5.74. The molecule has 1 N–H and O–H groups in total. The summed E-state index contributed by atoms with van der Waals surface area (Å²) in [6.07, 6.45) is 4.88. The second kappa shape index (κ2) is 7.28. The fourth-order valence-electron chi connectivity index (χ4n) is 3.97. The standard InChI is InChI=1S/C20H27NO4/c1-14(23)21-16(15-9-5-4-6-10-15)11-7-8-12-17(21)19-18(13-22)24-20(2,3)25-19/h4-10,16-19,22H,11-13H2,1-3H3/t16-,17-,18+,19-/m0/s1. The van der Waals surface area contributed by atoms with Crippen molar-refractivity contribution in [3.8, 4) is 0 Å². The average molecular weight is 345 g/mol. The maximum absolute atomic E-state index is 12.6. The minimum atomic E-state index is -0.765. The summed E-state index contributed by atoms with van der Waals surface area (Å²) >= 11 is 0. The Bertz CT molecular complexity index is 628. The minimum absolute atomic E-state index is 0.00699. The first-order valence-corrected chi connectivity index (χ1v) is 8.88. The van der Waals surface area contributed by atoms with Crippen molar-refractivity contribution in [1.29, 1.82) is 0 Å². The third-order valence-electron chi connectivity index (χ3n) is 4.93. The van der Waals surface area contributed by atoms with Crippen LogP contribution in [0.1, 0.15) is 45.2 Å². The number of hydrogen-bond acceptors (Lipinski definition) is 4. The molecule has 1 fully saturated rings. The van der Waals surface area contributed by atoms with Crippen LogP contribution in [0, 0.1) is 0 Å². The minimum Gasteiger partial charge on any atom is -0.394 e. The molecular formula is C20H27NO4. The number of hydrogen-bond donors (Lipinski definition) is 1. The van der Waals surface area contributed by atoms with E-state index < -0.39 is 11.9 Å². The maximum atomic E-state index is 12.6. The van der Waals surface area contributed by atoms with Crippen molar-refractivity contribution < 1.29 is 19.4 Å². The third kappa shape index (κ3) is 3.78. The predicted molar refractivity (Wildman–Crippen MR) is 94.8 cm³/mol. The molecule has 5 nitrogen and oxygen atoms in total. The number of amides is 1. The van der Waals surface area contributed by atoms with Gasteiger partial charge >= 0.3 is 0 Å². The van der Waals surface area contributed by atoms with Crippen LogP contribution in [0.25, 0.3) is 0 Å². The lowest BCUT2D eigenvalue weighted by Gasteiger charge is -2.39. The molecule has 4 atom stereocenters. The Hall–Kier alpha value is -1.69. The van der Waals surface area contributed by atoms with Gasteiger partial charge in [-0.2, -0.15) is 0 Å². The molecular weight excluding hydrogens is 318 g/mol. The summed E-state index contributed by atoms with van der Waals surface area (Å²) in [5, 5.41) is 9.75. The monoisotopic (exact) mass is 345 g/mol. The summed E-state index contributed by atoms with van der Waals surface area (Å²) in [6.45, 7) is 5.16. The largest absolute Gasteiger partial charge is 0.394 e. The van der Waals surface area contributed by atoms with Crippen molar-refractivity contribution in [2.24, 2.45) is 0 Å². The summed E-state index contributed by atoms with van der Waals surface area (Å²) in [5.74, 6) is -0.758. The van der Waals surface area contributed by atoms with E-state index in [4.69, 9.17) is 9.47 Å². The van der Waals surface area contributed by atoms with E-state index in [9.17, 15) is 9.90 Å². The number of rotatable bonds is 3. The van der Waals surface area contributed by atoms with Crippen molar-refractivity contribution in [2.75, 3.05) is 6.61 Å². The van der Waals surface area contributed by atoms with E-state index in [1.54, 1.807) is 6.92 Å². The van der Waals surface area contributed by atoms with Crippen LogP contribution >= 0.6 is 0 Å². The SMILES string of the molecule is CC(=O)N1[C@H](c2ccccc2)CC=CC[C@H]1[C@@H]1OC(C)(C)O[C@@H]1CO. The first-order chi connectivity index (χ1) is 11.9. The third-order valence-corrected chi connectivity index (χ3v) is 4.93. The lowest BCUT2D eigenvalue weighted by atomic mass is 9.97. The van der Waals surface area contributed by atoms with Crippen LogP contribution in [0.3, 0.4) is 0 Å². The Morgan fingerprint density at radius 1 is 1.20 bits per heavy atom. The number of benzene rings is 1. The van der Waals surface area contributed by atoms with Gasteiger partial charge in [0.2, 0.25) is 5.91 Å². The Morgan fingerprint density at radius 2 is 1.88 bits per heavy atom. The fourth-order valence-corrected chi connectivity index (χ4v) is 3.97. The zero-order chi connectivity index (χ0) is 18.0. The molecule has 1 aromatic carbocycles. The molecule has 2 heterocycles. The Balaban J connectivity index is 1.96. The first kappa shape index (κ1) is 18.1. The van der Waals surface area contributed by atoms with Crippen molar-refractivity contribution in [1.82, 2.24) is 4.90 Å². The Morgan fingerprint density at radius 3 is 2.52 bits per heavy atom. The molecule has 0 radical (unpaired) electrons. The van der Waals surface area contributed by atoms with Crippen molar-refractivity contribution in [3.63, 3.8) is 0 Å². The second-order valence-corrected chi connectivity index (χ2v) is 7.18. The Kier molecular flexibility index (Phi) is 5.27. The highest BCUT2D eigenvalue weighted by Gasteiger charge is 2.48. The average Bonchev–Trinajstić information content (AvgIpc) is 2.77. The van der Waals surface area contributed by atoms with Gasteiger partial charge in [-0.15, -0.1) is 0 Å². The van der Waals surface area contributed by atoms with Gasteiger partial charge in [-0.1, -0.05) is 42.5 Å². The number of aliphatic hydroxyl groups is 1. The van der Waals surface area contributed by atoms with Crippen LogP contribution in [0.4, 0.5) is 0 Å². The molecule has 0 bridgehead atoms. The zero-order valence-electron chi connectivity index (χ0n) is 15.1. The molecule has 1 aromatic rings. The van der Waals surface area contributed by atoms with Crippen molar-refractivity contribution in [3.05, 3.63) is 48.0 Å². The van der Waals surface area contributed by atoms with Crippen molar-refractivity contribution in [2.45, 2.75) is 63.7 Å². The lowest BCUT2D eigenvalue weighted by molar-refractivity contribution is -0.158. The van der Waals surface area contributed by atoms with E-state index in [-0.39, 0.29) is 30.7 Å². The molecule has 25 heavy (non-hydrogen) atoms. The van der Waals surface area contributed by atoms with Crippen molar-refractivity contribution >= 4 is 5.91 Å². The molecule has 1 saturated heterocycles. The van der Waals surface area contributed by atoms with Gasteiger partial charge in [0.1, 0.15) is 12.2 Å². The van der Waals surface area contributed by atoms with Gasteiger partial charge < -0.3 is 19.5 Å². The number of nitrogens with zero attached hydrogens (tertiary/aromatic N) is 1. The maximum Gasteiger partial charge on any atom is 0.220 e. The summed E-state index contributed by atoms with van der Waals surface area (Å²) in [4.78, 5) is 14.5. The van der Waals surface area contributed by atoms with Gasteiger partial charge in [0.05, 0.1) is 18.7 Å². The molecule has 3 rings (SSSR count). The van der Waals surface area contributed by atoms with Gasteiger partial charge in [0.25, 0.3) is 0 Å². The molecule has 0 spiro atoms. The first-order valence-electron chi connectivity index (χ1n) is 8.88. The number of aliphatic hydroxyl groups excluding tert-OH is 1. The quantitative estimate of drug-likeness (QED) is 0.856. The molecule has 0 saturated carbocycles. The lowest BCUT2D eigenvalue weighted by Crippen LogP contribution is -2.51. The fraction of sp³-hybridized carbons (Fsp3) is 0.550. The van der Waals surface area contributed by atoms with Gasteiger partial charge in [-0.25, -0.2) is 0 Å². The summed E-state index contributed by atoms with van der Waals surface area (Å²) in [7, 11) is 0. The van der Waals surface area contributed by atoms with E-state index in [0.29, 0.717) is 6.42 Å². The molecule has 2 aliphatic rings. The van der Waals surface area contributed by atoms with E-state index in [1.807, 2.05) is 36.9 Å². The number of carbonyl (C=O) groups is 1. The number of ether oxygens (including phenoxy) is 2. The zero-order valence-corrected chi connectivity index (χ0v) is 15.1. The molecule has 5 heteroatoms. The normalized spacial score (nSPS) is 31.8. The molecule has 0 unspecified atom stereocenters. The van der Waals surface area contributed by atoms with E-state index in [0.717, 1.165) is 12.0 Å². The van der Waals surface area contributed by atoms with E-state index in [1.165, 1.54) is 0 Å². The molecule has 0 aromatic heterocycles.